The van der Waals surface area contributed by atoms with Crippen molar-refractivity contribution in [3.63, 3.8) is 0 Å². The molecule has 2 aromatic rings. The molecule has 1 nitrogen and oxygen atoms in total. The number of halogens is 2. The summed E-state index contributed by atoms with van der Waals surface area (Å²) in [5, 5.41) is 0.125. The topological polar surface area (TPSA) is 9.23 Å². The Hall–Kier alpha value is -1.13. The molecule has 0 fully saturated rings. The second-order valence-corrected chi connectivity index (χ2v) is 12.7. The monoisotopic (exact) mass is 380 g/mol. The molecule has 118 valence electrons. The summed E-state index contributed by atoms with van der Waals surface area (Å²) in [5.41, 5.74) is 1.94. The Morgan fingerprint density at radius 1 is 1.00 bits per heavy atom. The zero-order valence-corrected chi connectivity index (χ0v) is 16.3. The molecule has 0 atom stereocenters. The lowest BCUT2D eigenvalue weighted by Gasteiger charge is -2.37. The van der Waals surface area contributed by atoms with Crippen LogP contribution in [-0.2, 0) is 0 Å². The number of benzene rings is 2. The summed E-state index contributed by atoms with van der Waals surface area (Å²) >= 11 is 3.51. The van der Waals surface area contributed by atoms with Crippen molar-refractivity contribution in [2.24, 2.45) is 0 Å². The van der Waals surface area contributed by atoms with E-state index < -0.39 is 8.32 Å². The van der Waals surface area contributed by atoms with E-state index >= 15 is 0 Å². The highest BCUT2D eigenvalue weighted by molar-refractivity contribution is 9.10. The normalized spacial score (nSPS) is 12.3. The first kappa shape index (κ1) is 17.2. The predicted molar refractivity (Wildman–Crippen MR) is 97.4 cm³/mol. The molecular weight excluding hydrogens is 359 g/mol. The Kier molecular flexibility index (Phi) is 4.83. The van der Waals surface area contributed by atoms with Gasteiger partial charge in [0.1, 0.15) is 11.6 Å². The van der Waals surface area contributed by atoms with E-state index in [0.29, 0.717) is 0 Å². The molecule has 0 spiro atoms. The highest BCUT2D eigenvalue weighted by atomic mass is 79.9. The summed E-state index contributed by atoms with van der Waals surface area (Å²) in [7, 11) is -1.93. The predicted octanol–water partition coefficient (Wildman–Crippen LogP) is 6.64. The van der Waals surface area contributed by atoms with Crippen LogP contribution in [0.1, 0.15) is 20.8 Å². The fraction of sp³-hybridized carbons (Fsp3) is 0.333. The third kappa shape index (κ3) is 3.79. The maximum absolute atomic E-state index is 13.2. The molecule has 0 aromatic heterocycles. The highest BCUT2D eigenvalue weighted by Gasteiger charge is 2.39. The quantitative estimate of drug-likeness (QED) is 0.542. The van der Waals surface area contributed by atoms with Crippen LogP contribution in [0, 0.1) is 5.82 Å². The molecule has 22 heavy (non-hydrogen) atoms. The largest absolute Gasteiger partial charge is 0.543 e. The minimum Gasteiger partial charge on any atom is -0.543 e. The van der Waals surface area contributed by atoms with Crippen LogP contribution in [-0.4, -0.2) is 8.32 Å². The lowest BCUT2D eigenvalue weighted by atomic mass is 10.1. The Morgan fingerprint density at radius 2 is 1.59 bits per heavy atom. The third-order valence-electron chi connectivity index (χ3n) is 4.27. The fourth-order valence-corrected chi connectivity index (χ4v) is 3.27. The summed E-state index contributed by atoms with van der Waals surface area (Å²) in [6.45, 7) is 11.1. The van der Waals surface area contributed by atoms with Gasteiger partial charge in [-0.25, -0.2) is 4.39 Å². The van der Waals surface area contributed by atoms with Crippen molar-refractivity contribution in [2.75, 3.05) is 0 Å². The molecule has 0 aliphatic heterocycles. The van der Waals surface area contributed by atoms with Crippen molar-refractivity contribution in [3.8, 4) is 16.9 Å². The summed E-state index contributed by atoms with van der Waals surface area (Å²) in [5.74, 6) is 0.631. The van der Waals surface area contributed by atoms with Gasteiger partial charge in [-0.1, -0.05) is 48.8 Å². The van der Waals surface area contributed by atoms with Crippen molar-refractivity contribution in [3.05, 3.63) is 52.8 Å². The van der Waals surface area contributed by atoms with Crippen molar-refractivity contribution in [1.29, 1.82) is 0 Å². The van der Waals surface area contributed by atoms with Crippen molar-refractivity contribution >= 4 is 24.2 Å². The molecule has 0 aliphatic carbocycles. The maximum atomic E-state index is 13.2. The maximum Gasteiger partial charge on any atom is 0.250 e. The molecule has 0 aliphatic rings. The van der Waals surface area contributed by atoms with Crippen LogP contribution in [0.15, 0.2) is 46.9 Å². The summed E-state index contributed by atoms with van der Waals surface area (Å²) in [6.07, 6.45) is 0. The van der Waals surface area contributed by atoms with Crippen LogP contribution in [0.5, 0.6) is 5.75 Å². The molecule has 0 N–H and O–H groups in total. The van der Waals surface area contributed by atoms with Gasteiger partial charge < -0.3 is 4.43 Å². The van der Waals surface area contributed by atoms with Gasteiger partial charge in [-0.05, 0) is 54.0 Å². The zero-order chi connectivity index (χ0) is 16.5. The van der Waals surface area contributed by atoms with Gasteiger partial charge in [-0.3, -0.25) is 0 Å². The molecule has 2 aromatic carbocycles. The van der Waals surface area contributed by atoms with Gasteiger partial charge in [0.15, 0.2) is 0 Å². The highest BCUT2D eigenvalue weighted by Crippen LogP contribution is 2.41. The standard InChI is InChI=1S/C18H22BrFOSi/c1-18(2,3)22(4,5)21-17-11-8-14(19)12-16(17)13-6-9-15(20)10-7-13/h6-12H,1-5H3. The van der Waals surface area contributed by atoms with Gasteiger partial charge >= 0.3 is 0 Å². The van der Waals surface area contributed by atoms with Crippen molar-refractivity contribution in [1.82, 2.24) is 0 Å². The lowest BCUT2D eigenvalue weighted by molar-refractivity contribution is 0.493. The first-order valence-electron chi connectivity index (χ1n) is 7.35. The molecular formula is C18H22BrFOSi. The van der Waals surface area contributed by atoms with Crippen LogP contribution in [0.2, 0.25) is 18.1 Å². The first-order valence-corrected chi connectivity index (χ1v) is 11.0. The lowest BCUT2D eigenvalue weighted by Crippen LogP contribution is -2.44. The van der Waals surface area contributed by atoms with E-state index in [1.807, 2.05) is 18.2 Å². The van der Waals surface area contributed by atoms with Crippen molar-refractivity contribution in [2.45, 2.75) is 38.9 Å². The van der Waals surface area contributed by atoms with E-state index in [2.05, 4.69) is 49.8 Å². The van der Waals surface area contributed by atoms with Crippen LogP contribution in [0.3, 0.4) is 0 Å². The molecule has 2 rings (SSSR count). The molecule has 0 bridgehead atoms. The van der Waals surface area contributed by atoms with Gasteiger partial charge in [-0.15, -0.1) is 0 Å². The Balaban J connectivity index is 2.47. The Labute approximate surface area is 141 Å². The minimum absolute atomic E-state index is 0.125. The SMILES string of the molecule is CC(C)(C)[Si](C)(C)Oc1ccc(Br)cc1-c1ccc(F)cc1. The number of rotatable bonds is 3. The summed E-state index contributed by atoms with van der Waals surface area (Å²) in [4.78, 5) is 0. The number of hydrogen-bond donors (Lipinski definition) is 0. The Morgan fingerprint density at radius 3 is 2.14 bits per heavy atom. The smallest absolute Gasteiger partial charge is 0.250 e. The molecule has 0 radical (unpaired) electrons. The van der Waals surface area contributed by atoms with Crippen LogP contribution < -0.4 is 4.43 Å². The van der Waals surface area contributed by atoms with Crippen LogP contribution >= 0.6 is 15.9 Å². The van der Waals surface area contributed by atoms with Crippen molar-refractivity contribution < 1.29 is 8.82 Å². The van der Waals surface area contributed by atoms with E-state index in [1.54, 1.807) is 12.1 Å². The van der Waals surface area contributed by atoms with Gasteiger partial charge in [-0.2, -0.15) is 0 Å². The van der Waals surface area contributed by atoms with Gasteiger partial charge in [0, 0.05) is 10.0 Å². The number of hydrogen-bond acceptors (Lipinski definition) is 1. The van der Waals surface area contributed by atoms with Crippen LogP contribution in [0.25, 0.3) is 11.1 Å². The van der Waals surface area contributed by atoms with E-state index in [-0.39, 0.29) is 10.9 Å². The van der Waals surface area contributed by atoms with Gasteiger partial charge in [0.2, 0.25) is 0 Å². The molecule has 0 saturated heterocycles. The molecule has 0 heterocycles. The molecule has 0 amide bonds. The van der Waals surface area contributed by atoms with Gasteiger partial charge in [0.25, 0.3) is 8.32 Å². The molecule has 0 unspecified atom stereocenters. The second-order valence-electron chi connectivity index (χ2n) is 7.01. The molecule has 4 heteroatoms. The fourth-order valence-electron chi connectivity index (χ4n) is 1.87. The first-order chi connectivity index (χ1) is 10.1. The average molecular weight is 381 g/mol. The van der Waals surface area contributed by atoms with E-state index in [0.717, 1.165) is 21.3 Å². The van der Waals surface area contributed by atoms with Crippen LogP contribution in [0.4, 0.5) is 4.39 Å². The minimum atomic E-state index is -1.93. The summed E-state index contributed by atoms with van der Waals surface area (Å²) in [6, 6.07) is 12.5. The van der Waals surface area contributed by atoms with E-state index in [9.17, 15) is 4.39 Å². The zero-order valence-electron chi connectivity index (χ0n) is 13.7. The second kappa shape index (κ2) is 6.17. The Bertz CT molecular complexity index is 660. The average Bonchev–Trinajstić information content (AvgIpc) is 2.40. The summed E-state index contributed by atoms with van der Waals surface area (Å²) < 4.78 is 20.6. The molecule has 0 saturated carbocycles. The van der Waals surface area contributed by atoms with E-state index in [4.69, 9.17) is 4.43 Å². The van der Waals surface area contributed by atoms with E-state index in [1.165, 1.54) is 12.1 Å². The third-order valence-corrected chi connectivity index (χ3v) is 9.10. The van der Waals surface area contributed by atoms with Gasteiger partial charge in [0.05, 0.1) is 0 Å².